The number of piperidine rings is 1. The summed E-state index contributed by atoms with van der Waals surface area (Å²) in [5.41, 5.74) is 3.48. The highest BCUT2D eigenvalue weighted by molar-refractivity contribution is 7.99. The van der Waals surface area contributed by atoms with Gasteiger partial charge in [0.2, 0.25) is 5.91 Å². The maximum absolute atomic E-state index is 12.7. The van der Waals surface area contributed by atoms with Crippen LogP contribution in [0.5, 0.6) is 0 Å². The zero-order valence-electron chi connectivity index (χ0n) is 26.2. The van der Waals surface area contributed by atoms with E-state index in [1.54, 1.807) is 18.3 Å². The summed E-state index contributed by atoms with van der Waals surface area (Å²) in [7, 11) is 0. The Kier molecular flexibility index (Phi) is 11.2. The summed E-state index contributed by atoms with van der Waals surface area (Å²) in [5, 5.41) is 6.70. The Morgan fingerprint density at radius 3 is 2.58 bits per heavy atom. The van der Waals surface area contributed by atoms with E-state index in [-0.39, 0.29) is 24.1 Å². The number of thiazole rings is 1. The Balaban J connectivity index is 1.15. The smallest absolute Gasteiger partial charge is 0.410 e. The van der Waals surface area contributed by atoms with Crippen molar-refractivity contribution in [2.45, 2.75) is 81.9 Å². The maximum atomic E-state index is 12.7. The van der Waals surface area contributed by atoms with Gasteiger partial charge in [-0.3, -0.25) is 14.0 Å². The first-order chi connectivity index (χ1) is 21.4. The molecule has 0 aliphatic carbocycles. The van der Waals surface area contributed by atoms with Crippen molar-refractivity contribution < 1.29 is 14.3 Å². The Bertz CT molecular complexity index is 1490. The van der Waals surface area contributed by atoms with Crippen LogP contribution in [0.25, 0.3) is 11.3 Å². The van der Waals surface area contributed by atoms with Gasteiger partial charge in [0.1, 0.15) is 5.60 Å². The van der Waals surface area contributed by atoms with E-state index < -0.39 is 5.60 Å². The Hall–Kier alpha value is -2.50. The zero-order valence-corrected chi connectivity index (χ0v) is 29.4. The van der Waals surface area contributed by atoms with Gasteiger partial charge < -0.3 is 15.0 Å². The van der Waals surface area contributed by atoms with E-state index in [1.165, 1.54) is 11.9 Å². The first-order valence-electron chi connectivity index (χ1n) is 15.4. The molecule has 5 rings (SSSR count). The van der Waals surface area contributed by atoms with Gasteiger partial charge in [0, 0.05) is 74.3 Å². The number of likely N-dealkylation sites (tertiary alicyclic amines) is 2. The number of benzene rings is 2. The first kappa shape index (κ1) is 33.9. The molecule has 0 saturated carbocycles. The average molecular weight is 691 g/mol. The minimum absolute atomic E-state index is 0.0400. The standard InChI is InChI=1S/C33H41Cl2N5O3S2/c1-22(41)40(26-12-15-38(16-13-26)20-23-10-11-28(34)29(35)17-23)45-31-37-30(21-44-31)24-7-5-8-25(18-24)36-19-27-9-6-14-39(27)32(42)43-33(2,3)4/h5,7-8,10-11,17-18,21,26-27,36H,6,9,12-16,19-20H2,1-4H3/t27-/m0/s1. The van der Waals surface area contributed by atoms with Crippen LogP contribution in [0.15, 0.2) is 52.2 Å². The van der Waals surface area contributed by atoms with E-state index in [0.29, 0.717) is 16.6 Å². The molecule has 2 aliphatic heterocycles. The lowest BCUT2D eigenvalue weighted by Gasteiger charge is -2.37. The van der Waals surface area contributed by atoms with Gasteiger partial charge in [0.05, 0.1) is 21.8 Å². The fourth-order valence-corrected chi connectivity index (χ4v) is 7.98. The van der Waals surface area contributed by atoms with Crippen molar-refractivity contribution in [2.24, 2.45) is 0 Å². The quantitative estimate of drug-likeness (QED) is 0.226. The van der Waals surface area contributed by atoms with Crippen LogP contribution in [-0.2, 0) is 16.1 Å². The van der Waals surface area contributed by atoms with Crippen LogP contribution in [0, 0.1) is 0 Å². The zero-order chi connectivity index (χ0) is 32.1. The molecule has 1 aromatic heterocycles. The number of carbonyl (C=O) groups is 2. The second-order valence-corrected chi connectivity index (χ2v) is 15.5. The molecule has 0 radical (unpaired) electrons. The lowest BCUT2D eigenvalue weighted by molar-refractivity contribution is -0.125. The summed E-state index contributed by atoms with van der Waals surface area (Å²) in [6.07, 6.45) is 3.46. The number of halogens is 2. The predicted molar refractivity (Wildman–Crippen MR) is 185 cm³/mol. The third-order valence-corrected chi connectivity index (χ3v) is 10.8. The van der Waals surface area contributed by atoms with E-state index in [0.717, 1.165) is 78.7 Å². The summed E-state index contributed by atoms with van der Waals surface area (Å²) in [6, 6.07) is 14.2. The topological polar surface area (TPSA) is 78.0 Å². The van der Waals surface area contributed by atoms with E-state index in [4.69, 9.17) is 32.9 Å². The highest BCUT2D eigenvalue weighted by Crippen LogP contribution is 2.35. The van der Waals surface area contributed by atoms with Crippen molar-refractivity contribution >= 4 is 64.2 Å². The van der Waals surface area contributed by atoms with Crippen LogP contribution in [-0.4, -0.2) is 75.0 Å². The second kappa shape index (κ2) is 14.9. The van der Waals surface area contributed by atoms with Gasteiger partial charge in [0.25, 0.3) is 0 Å². The molecule has 2 amide bonds. The van der Waals surface area contributed by atoms with Gasteiger partial charge >= 0.3 is 6.09 Å². The number of hydrogen-bond donors (Lipinski definition) is 1. The third kappa shape index (κ3) is 9.29. The molecule has 242 valence electrons. The van der Waals surface area contributed by atoms with E-state index in [1.807, 2.05) is 71.8 Å². The molecule has 45 heavy (non-hydrogen) atoms. The molecule has 2 aromatic carbocycles. The van der Waals surface area contributed by atoms with Gasteiger partial charge in [-0.2, -0.15) is 0 Å². The van der Waals surface area contributed by atoms with Crippen molar-refractivity contribution in [3.8, 4) is 11.3 Å². The Morgan fingerprint density at radius 2 is 1.87 bits per heavy atom. The fourth-order valence-electron chi connectivity index (χ4n) is 5.75. The lowest BCUT2D eigenvalue weighted by atomic mass is 10.0. The Labute approximate surface area is 284 Å². The highest BCUT2D eigenvalue weighted by atomic mass is 35.5. The molecule has 3 aromatic rings. The first-order valence-corrected chi connectivity index (χ1v) is 17.8. The van der Waals surface area contributed by atoms with Crippen molar-refractivity contribution in [3.63, 3.8) is 0 Å². The molecule has 2 saturated heterocycles. The largest absolute Gasteiger partial charge is 0.444 e. The molecule has 12 heteroatoms. The SMILES string of the molecule is CC(=O)N(Sc1nc(-c2cccc(NC[C@@H]3CCCN3C(=O)OC(C)(C)C)c2)cs1)C1CCN(Cc2ccc(Cl)c(Cl)c2)CC1. The number of carbonyl (C=O) groups excluding carboxylic acids is 2. The van der Waals surface area contributed by atoms with Crippen LogP contribution >= 0.6 is 46.5 Å². The third-order valence-electron chi connectivity index (χ3n) is 7.95. The van der Waals surface area contributed by atoms with Crippen molar-refractivity contribution in [3.05, 3.63) is 63.5 Å². The van der Waals surface area contributed by atoms with Crippen LogP contribution in [0.4, 0.5) is 10.5 Å². The molecule has 2 fully saturated rings. The monoisotopic (exact) mass is 689 g/mol. The molecular weight excluding hydrogens is 649 g/mol. The molecule has 3 heterocycles. The molecule has 1 atom stereocenters. The van der Waals surface area contributed by atoms with Gasteiger partial charge in [-0.15, -0.1) is 11.3 Å². The number of hydrogen-bond acceptors (Lipinski definition) is 8. The number of rotatable bonds is 9. The normalized spacial score (nSPS) is 17.8. The summed E-state index contributed by atoms with van der Waals surface area (Å²) >= 11 is 15.3. The van der Waals surface area contributed by atoms with E-state index in [2.05, 4.69) is 16.3 Å². The number of amides is 2. The molecule has 0 spiro atoms. The van der Waals surface area contributed by atoms with Crippen molar-refractivity contribution in [1.82, 2.24) is 19.1 Å². The van der Waals surface area contributed by atoms with Crippen LogP contribution in [0.1, 0.15) is 58.9 Å². The van der Waals surface area contributed by atoms with Crippen LogP contribution < -0.4 is 5.32 Å². The number of nitrogens with one attached hydrogen (secondary N) is 1. The maximum Gasteiger partial charge on any atom is 0.410 e. The summed E-state index contributed by atoms with van der Waals surface area (Å²) in [6.45, 7) is 11.3. The molecule has 0 bridgehead atoms. The fraction of sp³-hybridized carbons (Fsp3) is 0.485. The number of nitrogens with zero attached hydrogens (tertiary/aromatic N) is 4. The molecule has 0 unspecified atom stereocenters. The second-order valence-electron chi connectivity index (χ2n) is 12.6. The molecular formula is C33H41Cl2N5O3S2. The van der Waals surface area contributed by atoms with Crippen molar-refractivity contribution in [1.29, 1.82) is 0 Å². The minimum Gasteiger partial charge on any atom is -0.444 e. The number of anilines is 1. The van der Waals surface area contributed by atoms with E-state index >= 15 is 0 Å². The van der Waals surface area contributed by atoms with E-state index in [9.17, 15) is 9.59 Å². The molecule has 1 N–H and O–H groups in total. The highest BCUT2D eigenvalue weighted by Gasteiger charge is 2.32. The van der Waals surface area contributed by atoms with Gasteiger partial charge in [-0.1, -0.05) is 41.4 Å². The summed E-state index contributed by atoms with van der Waals surface area (Å²) < 4.78 is 8.35. The van der Waals surface area contributed by atoms with Crippen molar-refractivity contribution in [2.75, 3.05) is 31.5 Å². The average Bonchev–Trinajstić information content (AvgIpc) is 3.67. The molecule has 2 aliphatic rings. The van der Waals surface area contributed by atoms with Crippen LogP contribution in [0.2, 0.25) is 10.0 Å². The van der Waals surface area contributed by atoms with Gasteiger partial charge in [-0.25, -0.2) is 9.78 Å². The number of ether oxygens (including phenoxy) is 1. The minimum atomic E-state index is -0.510. The summed E-state index contributed by atoms with van der Waals surface area (Å²) in [5.74, 6) is 0.0400. The van der Waals surface area contributed by atoms with Gasteiger partial charge in [0.15, 0.2) is 4.34 Å². The lowest BCUT2D eigenvalue weighted by Crippen LogP contribution is -2.43. The molecule has 8 nitrogen and oxygen atoms in total. The van der Waals surface area contributed by atoms with Gasteiger partial charge in [-0.05, 0) is 76.3 Å². The number of aromatic nitrogens is 1. The predicted octanol–water partition coefficient (Wildman–Crippen LogP) is 8.45. The summed E-state index contributed by atoms with van der Waals surface area (Å²) in [4.78, 5) is 34.5. The Morgan fingerprint density at radius 1 is 1.09 bits per heavy atom. The van der Waals surface area contributed by atoms with Crippen LogP contribution in [0.3, 0.4) is 0 Å².